The van der Waals surface area contributed by atoms with Gasteiger partial charge < -0.3 is 10.1 Å². The molecule has 1 amide bonds. The first-order chi connectivity index (χ1) is 5.66. The molecule has 0 spiro atoms. The minimum Gasteiger partial charge on any atom is -0.450 e. The summed E-state index contributed by atoms with van der Waals surface area (Å²) in [6, 6.07) is 0. The Hall–Kier alpha value is -0.990. The van der Waals surface area contributed by atoms with Gasteiger partial charge in [0.1, 0.15) is 0 Å². The first kappa shape index (κ1) is 11.0. The molecule has 0 aliphatic heterocycles. The lowest BCUT2D eigenvalue weighted by Gasteiger charge is -2.05. The van der Waals surface area contributed by atoms with Crippen molar-refractivity contribution < 1.29 is 9.53 Å². The number of unbranched alkanes of at least 4 members (excludes halogenated alkanes) is 1. The molecule has 0 aromatic heterocycles. The minimum atomic E-state index is -0.355. The van der Waals surface area contributed by atoms with Crippen LogP contribution in [0.5, 0.6) is 0 Å². The predicted octanol–water partition coefficient (Wildman–Crippen LogP) is 2.09. The van der Waals surface area contributed by atoms with E-state index < -0.39 is 0 Å². The van der Waals surface area contributed by atoms with Crippen LogP contribution in [0.4, 0.5) is 4.79 Å². The Balaban J connectivity index is 3.28. The molecule has 12 heavy (non-hydrogen) atoms. The Kier molecular flexibility index (Phi) is 6.15. The fourth-order valence-electron chi connectivity index (χ4n) is 0.583. The summed E-state index contributed by atoms with van der Waals surface area (Å²) in [5.41, 5.74) is 0.919. The number of ether oxygens (including phenoxy) is 1. The van der Waals surface area contributed by atoms with Gasteiger partial charge in [-0.2, -0.15) is 0 Å². The van der Waals surface area contributed by atoms with Crippen molar-refractivity contribution >= 4 is 6.09 Å². The van der Waals surface area contributed by atoms with Gasteiger partial charge in [-0.3, -0.25) is 0 Å². The van der Waals surface area contributed by atoms with Crippen LogP contribution in [0.1, 0.15) is 26.7 Å². The zero-order valence-electron chi connectivity index (χ0n) is 7.85. The summed E-state index contributed by atoms with van der Waals surface area (Å²) in [6.45, 7) is 8.55. The molecule has 70 valence electrons. The van der Waals surface area contributed by atoms with E-state index in [-0.39, 0.29) is 6.09 Å². The fraction of sp³-hybridized carbons (Fsp3) is 0.667. The van der Waals surface area contributed by atoms with Gasteiger partial charge in [-0.1, -0.05) is 25.5 Å². The number of nitrogens with one attached hydrogen (secondary N) is 1. The summed E-state index contributed by atoms with van der Waals surface area (Å²) in [4.78, 5) is 10.8. The second kappa shape index (κ2) is 6.70. The zero-order chi connectivity index (χ0) is 9.40. The molecule has 0 fully saturated rings. The monoisotopic (exact) mass is 171 g/mol. The highest BCUT2D eigenvalue weighted by Crippen LogP contribution is 1.89. The number of hydrogen-bond acceptors (Lipinski definition) is 2. The second-order valence-corrected chi connectivity index (χ2v) is 2.80. The molecular formula is C9H17NO2. The Labute approximate surface area is 73.8 Å². The van der Waals surface area contributed by atoms with Crippen molar-refractivity contribution in [2.75, 3.05) is 13.2 Å². The summed E-state index contributed by atoms with van der Waals surface area (Å²) in [5.74, 6) is 0. The first-order valence-electron chi connectivity index (χ1n) is 4.21. The summed E-state index contributed by atoms with van der Waals surface area (Å²) in [6.07, 6.45) is 1.60. The van der Waals surface area contributed by atoms with E-state index in [0.717, 1.165) is 18.4 Å². The van der Waals surface area contributed by atoms with Crippen LogP contribution in [0.15, 0.2) is 12.2 Å². The maximum Gasteiger partial charge on any atom is 0.407 e. The van der Waals surface area contributed by atoms with E-state index in [1.807, 2.05) is 6.92 Å². The van der Waals surface area contributed by atoms with Gasteiger partial charge in [0.2, 0.25) is 0 Å². The molecule has 0 aromatic rings. The third-order valence-corrected chi connectivity index (χ3v) is 1.27. The van der Waals surface area contributed by atoms with E-state index in [0.29, 0.717) is 13.2 Å². The number of amides is 1. The summed E-state index contributed by atoms with van der Waals surface area (Å²) in [7, 11) is 0. The molecule has 0 saturated carbocycles. The number of rotatable bonds is 5. The molecule has 0 bridgehead atoms. The molecule has 0 unspecified atom stereocenters. The molecule has 0 aromatic carbocycles. The molecule has 3 heteroatoms. The maximum absolute atomic E-state index is 10.8. The van der Waals surface area contributed by atoms with Crippen molar-refractivity contribution in [3.8, 4) is 0 Å². The van der Waals surface area contributed by atoms with Crippen LogP contribution in [0.25, 0.3) is 0 Å². The Bertz CT molecular complexity index is 155. The SMILES string of the molecule is C=C(C)CNC(=O)OCCCC. The fourth-order valence-corrected chi connectivity index (χ4v) is 0.583. The molecule has 0 atom stereocenters. The predicted molar refractivity (Wildman–Crippen MR) is 49.1 cm³/mol. The van der Waals surface area contributed by atoms with Gasteiger partial charge in [0.25, 0.3) is 0 Å². The number of carbonyl (C=O) groups excluding carboxylic acids is 1. The van der Waals surface area contributed by atoms with Gasteiger partial charge in [0.05, 0.1) is 6.61 Å². The van der Waals surface area contributed by atoms with E-state index in [9.17, 15) is 4.79 Å². The van der Waals surface area contributed by atoms with E-state index in [2.05, 4.69) is 18.8 Å². The largest absolute Gasteiger partial charge is 0.450 e. The third-order valence-electron chi connectivity index (χ3n) is 1.27. The summed E-state index contributed by atoms with van der Waals surface area (Å²) < 4.78 is 4.84. The van der Waals surface area contributed by atoms with Crippen LogP contribution in [-0.4, -0.2) is 19.2 Å². The number of hydrogen-bond donors (Lipinski definition) is 1. The highest BCUT2D eigenvalue weighted by molar-refractivity contribution is 5.67. The molecule has 0 aliphatic rings. The highest BCUT2D eigenvalue weighted by Gasteiger charge is 1.98. The van der Waals surface area contributed by atoms with Crippen LogP contribution < -0.4 is 5.32 Å². The number of carbonyl (C=O) groups is 1. The lowest BCUT2D eigenvalue weighted by molar-refractivity contribution is 0.145. The molecule has 0 rings (SSSR count). The summed E-state index contributed by atoms with van der Waals surface area (Å²) >= 11 is 0. The molecular weight excluding hydrogens is 154 g/mol. The van der Waals surface area contributed by atoms with Crippen molar-refractivity contribution in [1.82, 2.24) is 5.32 Å². The van der Waals surface area contributed by atoms with Crippen LogP contribution in [0.2, 0.25) is 0 Å². The normalized spacial score (nSPS) is 9.17. The Morgan fingerprint density at radius 3 is 2.75 bits per heavy atom. The second-order valence-electron chi connectivity index (χ2n) is 2.80. The quantitative estimate of drug-likeness (QED) is 0.508. The third kappa shape index (κ3) is 7.12. The average molecular weight is 171 g/mol. The van der Waals surface area contributed by atoms with E-state index >= 15 is 0 Å². The smallest absolute Gasteiger partial charge is 0.407 e. The standard InChI is InChI=1S/C9H17NO2/c1-4-5-6-12-9(11)10-7-8(2)3/h2,4-7H2,1,3H3,(H,10,11). The molecule has 0 radical (unpaired) electrons. The summed E-state index contributed by atoms with van der Waals surface area (Å²) in [5, 5.41) is 2.58. The maximum atomic E-state index is 10.8. The van der Waals surface area contributed by atoms with Crippen LogP contribution in [-0.2, 0) is 4.74 Å². The van der Waals surface area contributed by atoms with Gasteiger partial charge in [-0.05, 0) is 13.3 Å². The Morgan fingerprint density at radius 1 is 1.58 bits per heavy atom. The topological polar surface area (TPSA) is 38.3 Å². The average Bonchev–Trinajstić information content (AvgIpc) is 2.01. The molecule has 0 heterocycles. The van der Waals surface area contributed by atoms with Crippen molar-refractivity contribution in [3.63, 3.8) is 0 Å². The van der Waals surface area contributed by atoms with Crippen molar-refractivity contribution in [2.45, 2.75) is 26.7 Å². The molecule has 0 aliphatic carbocycles. The lowest BCUT2D eigenvalue weighted by Crippen LogP contribution is -2.25. The van der Waals surface area contributed by atoms with Crippen LogP contribution >= 0.6 is 0 Å². The Morgan fingerprint density at radius 2 is 2.25 bits per heavy atom. The van der Waals surface area contributed by atoms with Crippen molar-refractivity contribution in [2.24, 2.45) is 0 Å². The van der Waals surface area contributed by atoms with E-state index in [4.69, 9.17) is 4.74 Å². The van der Waals surface area contributed by atoms with Gasteiger partial charge in [-0.15, -0.1) is 0 Å². The van der Waals surface area contributed by atoms with Crippen molar-refractivity contribution in [1.29, 1.82) is 0 Å². The number of alkyl carbamates (subject to hydrolysis) is 1. The van der Waals surface area contributed by atoms with E-state index in [1.165, 1.54) is 0 Å². The van der Waals surface area contributed by atoms with Crippen molar-refractivity contribution in [3.05, 3.63) is 12.2 Å². The zero-order valence-corrected chi connectivity index (χ0v) is 7.85. The van der Waals surface area contributed by atoms with Gasteiger partial charge in [-0.25, -0.2) is 4.79 Å². The van der Waals surface area contributed by atoms with Gasteiger partial charge in [0, 0.05) is 6.54 Å². The van der Waals surface area contributed by atoms with Crippen LogP contribution in [0.3, 0.4) is 0 Å². The molecule has 0 saturated heterocycles. The van der Waals surface area contributed by atoms with Gasteiger partial charge in [0.15, 0.2) is 0 Å². The minimum absolute atomic E-state index is 0.355. The van der Waals surface area contributed by atoms with Crippen LogP contribution in [0, 0.1) is 0 Å². The first-order valence-corrected chi connectivity index (χ1v) is 4.21. The lowest BCUT2D eigenvalue weighted by atomic mass is 10.3. The highest BCUT2D eigenvalue weighted by atomic mass is 16.5. The van der Waals surface area contributed by atoms with Gasteiger partial charge >= 0.3 is 6.09 Å². The molecule has 1 N–H and O–H groups in total. The van der Waals surface area contributed by atoms with E-state index in [1.54, 1.807) is 0 Å². The molecule has 3 nitrogen and oxygen atoms in total.